The van der Waals surface area contributed by atoms with E-state index in [2.05, 4.69) is 78.7 Å². The molecule has 7 rings (SSSR count). The standard InChI is InChI=1S/2C12H8N2.C4H4N2O2.Cd.ClHO4/c2*1-3-9-5-6-10-4-2-8-14-12(10)11(9)13-7-1;7-4(8)3-1-2-5-6-3;;2-1(3,4)5/h2*1-8H;1-2H,(H,5,6)(H,7,8);;(H,2,3,4,5)/q;;;+2;/p-2. The first-order chi connectivity index (χ1) is 19.7. The number of hydrogen-bond donors (Lipinski definition) is 1. The molecule has 0 bridgehead atoms. The van der Waals surface area contributed by atoms with Gasteiger partial charge in [0.05, 0.1) is 28.0 Å². The number of hydrogen-bond acceptors (Lipinski definition) is 11. The molecule has 0 aliphatic rings. The SMILES string of the molecule is O=C([O-])c1cc[nH]n1.[Cd+2].[O-][Cl+3]([O-])([O-])[O-].c1cnc2c(c1)ccc1cccnc12.c1cnc2c(c1)ccc1cccnc12. The van der Waals surface area contributed by atoms with Crippen molar-refractivity contribution in [3.63, 3.8) is 0 Å². The molecule has 1 N–H and O–H groups in total. The van der Waals surface area contributed by atoms with Crippen LogP contribution in [0.2, 0.25) is 0 Å². The summed E-state index contributed by atoms with van der Waals surface area (Å²) in [7, 11) is -4.94. The molecule has 0 atom stereocenters. The number of H-pyrrole nitrogens is 1. The number of halogens is 1. The van der Waals surface area contributed by atoms with Gasteiger partial charge in [0.1, 0.15) is 5.69 Å². The molecule has 0 amide bonds. The van der Waals surface area contributed by atoms with Crippen molar-refractivity contribution in [2.75, 3.05) is 0 Å². The summed E-state index contributed by atoms with van der Waals surface area (Å²) in [6.45, 7) is 0. The van der Waals surface area contributed by atoms with Crippen LogP contribution in [0.3, 0.4) is 0 Å². The van der Waals surface area contributed by atoms with Crippen molar-refractivity contribution in [2.24, 2.45) is 0 Å². The second-order valence-electron chi connectivity index (χ2n) is 8.06. The summed E-state index contributed by atoms with van der Waals surface area (Å²) < 4.78 is 34.0. The number of benzene rings is 2. The van der Waals surface area contributed by atoms with Crippen LogP contribution in [-0.4, -0.2) is 36.1 Å². The van der Waals surface area contributed by atoms with Crippen LogP contribution >= 0.6 is 0 Å². The molecule has 5 aromatic heterocycles. The number of aromatic carboxylic acids is 1. The summed E-state index contributed by atoms with van der Waals surface area (Å²) in [6, 6.07) is 25.6. The first-order valence-corrected chi connectivity index (χ1v) is 12.9. The zero-order chi connectivity index (χ0) is 29.2. The normalized spacial score (nSPS) is 10.4. The van der Waals surface area contributed by atoms with E-state index in [0.29, 0.717) is 0 Å². The average Bonchev–Trinajstić information content (AvgIpc) is 3.53. The average molecular weight is 683 g/mol. The summed E-state index contributed by atoms with van der Waals surface area (Å²) >= 11 is 0. The molecule has 14 heteroatoms. The van der Waals surface area contributed by atoms with Crippen LogP contribution in [-0.2, 0) is 27.3 Å². The van der Waals surface area contributed by atoms with Crippen molar-refractivity contribution in [3.05, 3.63) is 116 Å². The van der Waals surface area contributed by atoms with Gasteiger partial charge in [-0.25, -0.2) is 18.6 Å². The Morgan fingerprint density at radius 1 is 0.571 bits per heavy atom. The second-order valence-corrected chi connectivity index (χ2v) is 8.81. The molecule has 12 nitrogen and oxygen atoms in total. The molecule has 0 spiro atoms. The van der Waals surface area contributed by atoms with Crippen LogP contribution in [0.5, 0.6) is 0 Å². The number of nitrogens with zero attached hydrogens (tertiary/aromatic N) is 5. The molecule has 0 radical (unpaired) electrons. The van der Waals surface area contributed by atoms with Crippen molar-refractivity contribution in [1.29, 1.82) is 0 Å². The van der Waals surface area contributed by atoms with E-state index in [-0.39, 0.29) is 33.0 Å². The van der Waals surface area contributed by atoms with E-state index in [1.54, 1.807) is 24.8 Å². The fourth-order valence-corrected chi connectivity index (χ4v) is 3.73. The maximum Gasteiger partial charge on any atom is 2.00 e. The van der Waals surface area contributed by atoms with Crippen LogP contribution in [0, 0.1) is 10.2 Å². The van der Waals surface area contributed by atoms with E-state index >= 15 is 0 Å². The van der Waals surface area contributed by atoms with Crippen molar-refractivity contribution in [2.45, 2.75) is 0 Å². The van der Waals surface area contributed by atoms with Gasteiger partial charge in [-0.15, -0.1) is 10.2 Å². The zero-order valence-corrected chi connectivity index (χ0v) is 26.5. The predicted octanol–water partition coefficient (Wildman–Crippen LogP) is -0.419. The van der Waals surface area contributed by atoms with Crippen LogP contribution < -0.4 is 23.7 Å². The van der Waals surface area contributed by atoms with E-state index in [9.17, 15) is 9.90 Å². The number of carbonyl (C=O) groups is 1. The van der Waals surface area contributed by atoms with Gasteiger partial charge in [0.2, 0.25) is 0 Å². The molecule has 0 aliphatic heterocycles. The number of rotatable bonds is 1. The van der Waals surface area contributed by atoms with Crippen molar-refractivity contribution < 1.29 is 66.1 Å². The third kappa shape index (κ3) is 9.17. The summed E-state index contributed by atoms with van der Waals surface area (Å²) in [5.74, 6) is -1.26. The van der Waals surface area contributed by atoms with Crippen LogP contribution in [0.15, 0.2) is 110 Å². The van der Waals surface area contributed by atoms with Gasteiger partial charge in [-0.05, 0) is 30.3 Å². The number of aromatic amines is 1. The Morgan fingerprint density at radius 3 is 1.10 bits per heavy atom. The zero-order valence-electron chi connectivity index (χ0n) is 21.7. The summed E-state index contributed by atoms with van der Waals surface area (Å²) in [4.78, 5) is 27.3. The van der Waals surface area contributed by atoms with E-state index in [1.165, 1.54) is 12.3 Å². The molecular weight excluding hydrogens is 664 g/mol. The van der Waals surface area contributed by atoms with Crippen LogP contribution in [0.1, 0.15) is 10.5 Å². The molecule has 0 aliphatic carbocycles. The maximum atomic E-state index is 9.87. The van der Waals surface area contributed by atoms with Crippen LogP contribution in [0.4, 0.5) is 0 Å². The molecule has 0 saturated heterocycles. The Labute approximate surface area is 260 Å². The quantitative estimate of drug-likeness (QED) is 0.173. The Morgan fingerprint density at radius 2 is 0.881 bits per heavy atom. The molecule has 7 aromatic rings. The minimum Gasteiger partial charge on any atom is -0.543 e. The fraction of sp³-hybridized carbons (Fsp3) is 0. The molecule has 0 unspecified atom stereocenters. The number of pyridine rings is 4. The van der Waals surface area contributed by atoms with Crippen molar-refractivity contribution in [3.8, 4) is 0 Å². The Balaban J connectivity index is 0.000000163. The van der Waals surface area contributed by atoms with Gasteiger partial charge in [0, 0.05) is 52.5 Å². The van der Waals surface area contributed by atoms with E-state index in [1.807, 2.05) is 24.3 Å². The monoisotopic (exact) mass is 684 g/mol. The molecule has 2 aromatic carbocycles. The minimum atomic E-state index is -4.94. The molecular formula is C28H19CdClN6O6. The van der Waals surface area contributed by atoms with Gasteiger partial charge in [0.25, 0.3) is 0 Å². The largest absolute Gasteiger partial charge is 2.00 e. The van der Waals surface area contributed by atoms with E-state index in [0.717, 1.165) is 43.6 Å². The molecule has 0 saturated carbocycles. The van der Waals surface area contributed by atoms with Gasteiger partial charge >= 0.3 is 27.3 Å². The second kappa shape index (κ2) is 15.2. The summed E-state index contributed by atoms with van der Waals surface area (Å²) in [5, 5.41) is 20.1. The smallest absolute Gasteiger partial charge is 0.543 e. The summed E-state index contributed by atoms with van der Waals surface area (Å²) in [5.41, 5.74) is 3.84. The molecule has 5 heterocycles. The van der Waals surface area contributed by atoms with Gasteiger partial charge in [-0.1, -0.05) is 48.5 Å². The van der Waals surface area contributed by atoms with Gasteiger partial charge in [-0.3, -0.25) is 25.0 Å². The molecule has 0 fully saturated rings. The molecule has 206 valence electrons. The maximum absolute atomic E-state index is 9.87. The molecule has 42 heavy (non-hydrogen) atoms. The Kier molecular flexibility index (Phi) is 11.7. The number of aromatic nitrogens is 6. The third-order valence-electron chi connectivity index (χ3n) is 5.40. The number of carboxylic acids is 1. The van der Waals surface area contributed by atoms with Crippen molar-refractivity contribution in [1.82, 2.24) is 30.1 Å². The van der Waals surface area contributed by atoms with Gasteiger partial charge < -0.3 is 9.90 Å². The summed E-state index contributed by atoms with van der Waals surface area (Å²) in [6.07, 6.45) is 8.63. The number of fused-ring (bicyclic) bond motifs is 6. The first kappa shape index (κ1) is 32.3. The number of carboxylic acid groups (broad SMARTS) is 1. The van der Waals surface area contributed by atoms with Gasteiger partial charge in [-0.2, -0.15) is 5.10 Å². The first-order valence-electron chi connectivity index (χ1n) is 11.7. The third-order valence-corrected chi connectivity index (χ3v) is 5.40. The minimum absolute atomic E-state index is 0. The Hall–Kier alpha value is -4.19. The topological polar surface area (TPSA) is 213 Å². The van der Waals surface area contributed by atoms with Crippen LogP contribution in [0.25, 0.3) is 43.6 Å². The van der Waals surface area contributed by atoms with E-state index < -0.39 is 16.2 Å². The predicted molar refractivity (Wildman–Crippen MR) is 137 cm³/mol. The van der Waals surface area contributed by atoms with E-state index in [4.69, 9.17) is 18.6 Å². The van der Waals surface area contributed by atoms with Gasteiger partial charge in [0.15, 0.2) is 0 Å². The fourth-order valence-electron chi connectivity index (χ4n) is 3.73. The van der Waals surface area contributed by atoms with Crippen molar-refractivity contribution >= 4 is 49.6 Å². The number of carbonyl (C=O) groups excluding carboxylic acids is 1. The number of nitrogens with one attached hydrogen (secondary N) is 1. The Bertz CT molecular complexity index is 1680.